The summed E-state index contributed by atoms with van der Waals surface area (Å²) in [6, 6.07) is 8.57. The summed E-state index contributed by atoms with van der Waals surface area (Å²) < 4.78 is 0. The van der Waals surface area contributed by atoms with Crippen molar-refractivity contribution in [3.63, 3.8) is 0 Å². The second-order valence-electron chi connectivity index (χ2n) is 4.75. The zero-order valence-electron chi connectivity index (χ0n) is 11.3. The van der Waals surface area contributed by atoms with Gasteiger partial charge in [0.25, 0.3) is 0 Å². The number of carboxylic acid groups (broad SMARTS) is 1. The van der Waals surface area contributed by atoms with Gasteiger partial charge in [-0.15, -0.1) is 0 Å². The third kappa shape index (κ3) is 4.08. The predicted octanol–water partition coefficient (Wildman–Crippen LogP) is 0.411. The van der Waals surface area contributed by atoms with Gasteiger partial charge in [-0.3, -0.25) is 14.4 Å². The number of primary amides is 1. The Bertz CT molecular complexity index is 501. The van der Waals surface area contributed by atoms with Crippen molar-refractivity contribution < 1.29 is 19.5 Å². The van der Waals surface area contributed by atoms with Crippen molar-refractivity contribution in [2.75, 3.05) is 6.54 Å². The minimum absolute atomic E-state index is 0.0286. The fourth-order valence-electron chi connectivity index (χ4n) is 1.82. The number of nitrogens with two attached hydrogens (primary N) is 1. The van der Waals surface area contributed by atoms with Crippen molar-refractivity contribution >= 4 is 17.8 Å². The summed E-state index contributed by atoms with van der Waals surface area (Å²) in [7, 11) is 0. The standard InChI is InChI=1S/C14H18N2O4/c1-14(13(19)20,10-5-3-2-4-6-10)9-12(18)16-8-7-11(15)17/h2-6H,7-9H2,1H3,(H2,15,17)(H,16,18)(H,19,20). The van der Waals surface area contributed by atoms with Crippen molar-refractivity contribution in [1.82, 2.24) is 5.32 Å². The van der Waals surface area contributed by atoms with E-state index in [9.17, 15) is 19.5 Å². The molecule has 0 spiro atoms. The number of rotatable bonds is 7. The molecule has 0 aliphatic carbocycles. The molecule has 1 atom stereocenters. The van der Waals surface area contributed by atoms with E-state index >= 15 is 0 Å². The van der Waals surface area contributed by atoms with Crippen molar-refractivity contribution in [2.45, 2.75) is 25.2 Å². The predicted molar refractivity (Wildman–Crippen MR) is 72.9 cm³/mol. The Morgan fingerprint density at radius 3 is 2.35 bits per heavy atom. The van der Waals surface area contributed by atoms with E-state index in [2.05, 4.69) is 5.32 Å². The Balaban J connectivity index is 2.75. The molecule has 0 aromatic heterocycles. The number of carbonyl (C=O) groups is 3. The smallest absolute Gasteiger partial charge is 0.314 e. The molecule has 6 nitrogen and oxygen atoms in total. The molecule has 1 aromatic carbocycles. The lowest BCUT2D eigenvalue weighted by Gasteiger charge is -2.24. The van der Waals surface area contributed by atoms with Gasteiger partial charge < -0.3 is 16.2 Å². The van der Waals surface area contributed by atoms with Crippen LogP contribution in [0.15, 0.2) is 30.3 Å². The summed E-state index contributed by atoms with van der Waals surface area (Å²) in [6.07, 6.45) is -0.175. The Morgan fingerprint density at radius 1 is 1.25 bits per heavy atom. The van der Waals surface area contributed by atoms with Crippen LogP contribution >= 0.6 is 0 Å². The molecule has 0 bridgehead atoms. The summed E-state index contributed by atoms with van der Waals surface area (Å²) in [6.45, 7) is 1.61. The lowest BCUT2D eigenvalue weighted by molar-refractivity contribution is -0.145. The summed E-state index contributed by atoms with van der Waals surface area (Å²) in [5.41, 5.74) is 4.21. The molecule has 0 saturated heterocycles. The van der Waals surface area contributed by atoms with Crippen LogP contribution in [0.1, 0.15) is 25.3 Å². The molecule has 0 saturated carbocycles. The van der Waals surface area contributed by atoms with Crippen LogP contribution in [0.3, 0.4) is 0 Å². The number of carboxylic acids is 1. The van der Waals surface area contributed by atoms with Crippen LogP contribution < -0.4 is 11.1 Å². The first-order valence-corrected chi connectivity index (χ1v) is 6.20. The summed E-state index contributed by atoms with van der Waals surface area (Å²) in [4.78, 5) is 33.8. The van der Waals surface area contributed by atoms with Crippen LogP contribution in [0.25, 0.3) is 0 Å². The second kappa shape index (κ2) is 6.70. The van der Waals surface area contributed by atoms with E-state index in [0.29, 0.717) is 5.56 Å². The van der Waals surface area contributed by atoms with Crippen LogP contribution in [-0.4, -0.2) is 29.4 Å². The Morgan fingerprint density at radius 2 is 1.85 bits per heavy atom. The van der Waals surface area contributed by atoms with Crippen molar-refractivity contribution in [3.8, 4) is 0 Å². The number of aliphatic carboxylic acids is 1. The zero-order valence-corrected chi connectivity index (χ0v) is 11.3. The molecule has 1 unspecified atom stereocenters. The number of hydrogen-bond acceptors (Lipinski definition) is 3. The number of nitrogens with one attached hydrogen (secondary N) is 1. The third-order valence-corrected chi connectivity index (χ3v) is 3.09. The molecule has 1 aromatic rings. The fourth-order valence-corrected chi connectivity index (χ4v) is 1.82. The molecule has 108 valence electrons. The first kappa shape index (κ1) is 15.7. The Kier molecular flexibility index (Phi) is 5.25. The van der Waals surface area contributed by atoms with Crippen molar-refractivity contribution in [1.29, 1.82) is 0 Å². The molecule has 0 aliphatic rings. The third-order valence-electron chi connectivity index (χ3n) is 3.09. The zero-order chi connectivity index (χ0) is 15.2. The van der Waals surface area contributed by atoms with E-state index < -0.39 is 23.2 Å². The number of carbonyl (C=O) groups excluding carboxylic acids is 2. The molecular formula is C14H18N2O4. The molecule has 0 fully saturated rings. The van der Waals surface area contributed by atoms with Gasteiger partial charge >= 0.3 is 5.97 Å². The molecule has 20 heavy (non-hydrogen) atoms. The normalized spacial score (nSPS) is 13.2. The Labute approximate surface area is 117 Å². The van der Waals surface area contributed by atoms with Gasteiger partial charge in [0, 0.05) is 19.4 Å². The summed E-state index contributed by atoms with van der Waals surface area (Å²) in [5, 5.41) is 11.9. The van der Waals surface area contributed by atoms with Gasteiger partial charge in [-0.05, 0) is 12.5 Å². The van der Waals surface area contributed by atoms with E-state index in [4.69, 9.17) is 5.73 Å². The van der Waals surface area contributed by atoms with Crippen molar-refractivity contribution in [2.24, 2.45) is 5.73 Å². The molecule has 2 amide bonds. The maximum absolute atomic E-state index is 11.8. The van der Waals surface area contributed by atoms with E-state index in [1.165, 1.54) is 6.92 Å². The molecule has 6 heteroatoms. The van der Waals surface area contributed by atoms with E-state index in [-0.39, 0.29) is 19.4 Å². The van der Waals surface area contributed by atoms with E-state index in [1.54, 1.807) is 30.3 Å². The lowest BCUT2D eigenvalue weighted by Crippen LogP contribution is -2.39. The topological polar surface area (TPSA) is 109 Å². The molecule has 0 heterocycles. The highest BCUT2D eigenvalue weighted by molar-refractivity contribution is 5.89. The number of amides is 2. The molecule has 0 aliphatic heterocycles. The van der Waals surface area contributed by atoms with Gasteiger partial charge in [0.15, 0.2) is 0 Å². The van der Waals surface area contributed by atoms with Crippen LogP contribution in [0, 0.1) is 0 Å². The minimum Gasteiger partial charge on any atom is -0.481 e. The van der Waals surface area contributed by atoms with Gasteiger partial charge in [-0.2, -0.15) is 0 Å². The maximum atomic E-state index is 11.8. The van der Waals surface area contributed by atoms with Crippen LogP contribution in [0.5, 0.6) is 0 Å². The van der Waals surface area contributed by atoms with E-state index in [1.807, 2.05) is 0 Å². The highest BCUT2D eigenvalue weighted by atomic mass is 16.4. The fraction of sp³-hybridized carbons (Fsp3) is 0.357. The number of benzene rings is 1. The Hall–Kier alpha value is -2.37. The van der Waals surface area contributed by atoms with Gasteiger partial charge in [0.05, 0.1) is 5.41 Å². The molecule has 1 rings (SSSR count). The number of hydrogen-bond donors (Lipinski definition) is 3. The summed E-state index contributed by atoms with van der Waals surface area (Å²) >= 11 is 0. The van der Waals surface area contributed by atoms with Gasteiger partial charge in [0.1, 0.15) is 0 Å². The average molecular weight is 278 g/mol. The average Bonchev–Trinajstić information content (AvgIpc) is 2.38. The quantitative estimate of drug-likeness (QED) is 0.671. The first-order chi connectivity index (χ1) is 9.36. The van der Waals surface area contributed by atoms with Gasteiger partial charge in [-0.1, -0.05) is 30.3 Å². The highest BCUT2D eigenvalue weighted by Crippen LogP contribution is 2.27. The molecular weight excluding hydrogens is 260 g/mol. The van der Waals surface area contributed by atoms with Gasteiger partial charge in [-0.25, -0.2) is 0 Å². The minimum atomic E-state index is -1.31. The monoisotopic (exact) mass is 278 g/mol. The van der Waals surface area contributed by atoms with Crippen LogP contribution in [0.2, 0.25) is 0 Å². The summed E-state index contributed by atoms with van der Waals surface area (Å²) in [5.74, 6) is -2.02. The largest absolute Gasteiger partial charge is 0.481 e. The highest BCUT2D eigenvalue weighted by Gasteiger charge is 2.37. The van der Waals surface area contributed by atoms with Crippen LogP contribution in [-0.2, 0) is 19.8 Å². The molecule has 0 radical (unpaired) electrons. The first-order valence-electron chi connectivity index (χ1n) is 6.20. The van der Waals surface area contributed by atoms with Crippen LogP contribution in [0.4, 0.5) is 0 Å². The maximum Gasteiger partial charge on any atom is 0.314 e. The van der Waals surface area contributed by atoms with E-state index in [0.717, 1.165) is 0 Å². The van der Waals surface area contributed by atoms with Gasteiger partial charge in [0.2, 0.25) is 11.8 Å². The lowest BCUT2D eigenvalue weighted by atomic mass is 9.79. The molecule has 4 N–H and O–H groups in total. The van der Waals surface area contributed by atoms with Crippen molar-refractivity contribution in [3.05, 3.63) is 35.9 Å². The SMILES string of the molecule is CC(CC(=O)NCCC(N)=O)(C(=O)O)c1ccccc1. The second-order valence-corrected chi connectivity index (χ2v) is 4.75.